The van der Waals surface area contributed by atoms with E-state index >= 15 is 0 Å². The Kier molecular flexibility index (Phi) is 7.07. The lowest BCUT2D eigenvalue weighted by molar-refractivity contribution is 0.102. The molecule has 0 aliphatic rings. The average molecular weight is 537 g/mol. The molecule has 0 aliphatic carbocycles. The van der Waals surface area contributed by atoms with E-state index < -0.39 is 11.5 Å². The monoisotopic (exact) mass is 536 g/mol. The molecule has 10 nitrogen and oxygen atoms in total. The van der Waals surface area contributed by atoms with Gasteiger partial charge in [0.15, 0.2) is 0 Å². The first-order valence-corrected chi connectivity index (χ1v) is 12.4. The van der Waals surface area contributed by atoms with Crippen molar-refractivity contribution in [2.45, 2.75) is 6.92 Å². The zero-order chi connectivity index (χ0) is 28.4. The van der Waals surface area contributed by atoms with E-state index in [9.17, 15) is 9.59 Å². The molecule has 10 heteroatoms. The molecule has 0 saturated carbocycles. The van der Waals surface area contributed by atoms with Gasteiger partial charge in [0.05, 0.1) is 37.5 Å². The largest absolute Gasteiger partial charge is 0.497 e. The number of anilines is 2. The number of carbonyl (C=O) groups is 1. The fourth-order valence-corrected chi connectivity index (χ4v) is 4.44. The van der Waals surface area contributed by atoms with Crippen molar-refractivity contribution >= 4 is 17.4 Å². The highest BCUT2D eigenvalue weighted by atomic mass is 16.5. The zero-order valence-corrected chi connectivity index (χ0v) is 22.5. The topological polar surface area (TPSA) is 126 Å². The number of ether oxygens (including phenoxy) is 2. The van der Waals surface area contributed by atoms with Crippen LogP contribution in [0.2, 0.25) is 0 Å². The minimum atomic E-state index is -0.492. The molecular weight excluding hydrogens is 508 g/mol. The van der Waals surface area contributed by atoms with Crippen LogP contribution in [0.15, 0.2) is 83.8 Å². The first kappa shape index (κ1) is 26.2. The third-order valence-electron chi connectivity index (χ3n) is 6.65. The molecule has 5 aromatic rings. The summed E-state index contributed by atoms with van der Waals surface area (Å²) in [6.07, 6.45) is 1.59. The Bertz CT molecular complexity index is 1740. The highest BCUT2D eigenvalue weighted by Gasteiger charge is 2.22. The molecule has 0 unspecified atom stereocenters. The summed E-state index contributed by atoms with van der Waals surface area (Å²) in [6.45, 7) is 1.74. The fraction of sp³-hybridized carbons (Fsp3) is 0.133. The van der Waals surface area contributed by atoms with E-state index in [4.69, 9.17) is 20.2 Å². The number of benzene rings is 3. The van der Waals surface area contributed by atoms with Crippen molar-refractivity contribution in [3.63, 3.8) is 0 Å². The average Bonchev–Trinajstić information content (AvgIpc) is 3.21. The van der Waals surface area contributed by atoms with Crippen molar-refractivity contribution in [3.05, 3.63) is 101 Å². The number of rotatable bonds is 7. The molecule has 0 spiro atoms. The van der Waals surface area contributed by atoms with E-state index in [1.165, 1.54) is 4.68 Å². The molecule has 40 heavy (non-hydrogen) atoms. The Labute approximate surface area is 230 Å². The number of nitrogens with one attached hydrogen (secondary N) is 1. The molecule has 1 amide bonds. The van der Waals surface area contributed by atoms with Gasteiger partial charge < -0.3 is 20.5 Å². The fourth-order valence-electron chi connectivity index (χ4n) is 4.44. The number of methoxy groups -OCH3 is 2. The van der Waals surface area contributed by atoms with Crippen LogP contribution in [-0.2, 0) is 7.05 Å². The molecular formula is C30H28N6O4. The van der Waals surface area contributed by atoms with Crippen LogP contribution >= 0.6 is 0 Å². The number of amides is 1. The number of nitrogens with two attached hydrogens (primary N) is 1. The van der Waals surface area contributed by atoms with Crippen molar-refractivity contribution in [1.82, 2.24) is 19.3 Å². The lowest BCUT2D eigenvalue weighted by Crippen LogP contribution is -2.25. The first-order chi connectivity index (χ1) is 19.3. The molecule has 0 saturated heterocycles. The molecule has 0 fully saturated rings. The minimum Gasteiger partial charge on any atom is -0.497 e. The molecule has 202 valence electrons. The van der Waals surface area contributed by atoms with Crippen LogP contribution in [0, 0.1) is 6.92 Å². The lowest BCUT2D eigenvalue weighted by Gasteiger charge is -2.11. The van der Waals surface area contributed by atoms with Gasteiger partial charge in [0.25, 0.3) is 11.5 Å². The van der Waals surface area contributed by atoms with Crippen molar-refractivity contribution in [1.29, 1.82) is 0 Å². The Morgan fingerprint density at radius 1 is 0.925 bits per heavy atom. The normalized spacial score (nSPS) is 10.8. The third kappa shape index (κ3) is 4.90. The SMILES string of the molecule is COc1cc(OC)cc(-c2cnc(N)c(-c3ccc(NC(=O)c4c(C)n(C)n(-c5ccccc5)c4=O)cc3)n2)c1. The summed E-state index contributed by atoms with van der Waals surface area (Å²) >= 11 is 0. The van der Waals surface area contributed by atoms with Crippen LogP contribution in [0.3, 0.4) is 0 Å². The quantitative estimate of drug-likeness (QED) is 0.314. The summed E-state index contributed by atoms with van der Waals surface area (Å²) in [5.74, 6) is 1.02. The van der Waals surface area contributed by atoms with E-state index in [0.29, 0.717) is 45.5 Å². The van der Waals surface area contributed by atoms with Gasteiger partial charge >= 0.3 is 0 Å². The van der Waals surface area contributed by atoms with E-state index in [1.807, 2.05) is 42.5 Å². The van der Waals surface area contributed by atoms with Gasteiger partial charge in [-0.15, -0.1) is 0 Å². The molecule has 0 atom stereocenters. The predicted molar refractivity (Wildman–Crippen MR) is 154 cm³/mol. The number of hydrogen-bond acceptors (Lipinski definition) is 7. The molecule has 2 aromatic heterocycles. The van der Waals surface area contributed by atoms with Crippen LogP contribution in [0.5, 0.6) is 11.5 Å². The molecule has 5 rings (SSSR count). The van der Waals surface area contributed by atoms with Gasteiger partial charge in [-0.1, -0.05) is 30.3 Å². The number of nitrogen functional groups attached to an aromatic ring is 1. The summed E-state index contributed by atoms with van der Waals surface area (Å²) in [4.78, 5) is 35.4. The highest BCUT2D eigenvalue weighted by Crippen LogP contribution is 2.31. The number of aromatic nitrogens is 4. The number of nitrogens with zero attached hydrogens (tertiary/aromatic N) is 4. The minimum absolute atomic E-state index is 0.0759. The summed E-state index contributed by atoms with van der Waals surface area (Å²) < 4.78 is 13.9. The number of para-hydroxylation sites is 1. The van der Waals surface area contributed by atoms with Crippen molar-refractivity contribution in [2.75, 3.05) is 25.3 Å². The standard InChI is InChI=1S/C30H28N6O4/c1-18-26(30(38)36(35(18)2)22-8-6-5-7-9-22)29(37)33-21-12-10-19(11-13-21)27-28(31)32-17-25(34-27)20-14-23(39-3)16-24(15-20)40-4/h5-17H,1-4H3,(H2,31,32)(H,33,37). The van der Waals surface area contributed by atoms with Gasteiger partial charge in [-0.05, 0) is 43.3 Å². The van der Waals surface area contributed by atoms with Gasteiger partial charge in [0.1, 0.15) is 28.6 Å². The van der Waals surface area contributed by atoms with Crippen molar-refractivity contribution < 1.29 is 14.3 Å². The summed E-state index contributed by atoms with van der Waals surface area (Å²) in [5, 5.41) is 2.83. The number of hydrogen-bond donors (Lipinski definition) is 2. The Balaban J connectivity index is 1.41. The smallest absolute Gasteiger partial charge is 0.284 e. The van der Waals surface area contributed by atoms with Gasteiger partial charge in [-0.2, -0.15) is 0 Å². The predicted octanol–water partition coefficient (Wildman–Crippen LogP) is 4.46. The maximum Gasteiger partial charge on any atom is 0.284 e. The molecule has 0 radical (unpaired) electrons. The van der Waals surface area contributed by atoms with Crippen molar-refractivity contribution in [2.24, 2.45) is 7.05 Å². The maximum atomic E-state index is 13.2. The van der Waals surface area contributed by atoms with Gasteiger partial charge in [-0.25, -0.2) is 14.6 Å². The van der Waals surface area contributed by atoms with Crippen LogP contribution in [-0.4, -0.2) is 39.5 Å². The Morgan fingerprint density at radius 3 is 2.20 bits per heavy atom. The Morgan fingerprint density at radius 2 is 1.57 bits per heavy atom. The molecule has 3 aromatic carbocycles. The van der Waals surface area contributed by atoms with Gasteiger partial charge in [0.2, 0.25) is 0 Å². The van der Waals surface area contributed by atoms with Crippen molar-refractivity contribution in [3.8, 4) is 39.7 Å². The van der Waals surface area contributed by atoms with E-state index in [-0.39, 0.29) is 11.4 Å². The second kappa shape index (κ2) is 10.8. The van der Waals surface area contributed by atoms with Crippen LogP contribution in [0.25, 0.3) is 28.2 Å². The van der Waals surface area contributed by atoms with Crippen LogP contribution in [0.4, 0.5) is 11.5 Å². The highest BCUT2D eigenvalue weighted by molar-refractivity contribution is 6.05. The van der Waals surface area contributed by atoms with Gasteiger partial charge in [-0.3, -0.25) is 14.3 Å². The lowest BCUT2D eigenvalue weighted by atomic mass is 10.1. The Hall–Kier alpha value is -5.38. The summed E-state index contributed by atoms with van der Waals surface area (Å²) in [5.41, 5.74) is 10.1. The van der Waals surface area contributed by atoms with Crippen LogP contribution < -0.4 is 26.1 Å². The summed E-state index contributed by atoms with van der Waals surface area (Å²) in [7, 11) is 4.91. The van der Waals surface area contributed by atoms with Crippen LogP contribution in [0.1, 0.15) is 16.1 Å². The third-order valence-corrected chi connectivity index (χ3v) is 6.65. The van der Waals surface area contributed by atoms with Gasteiger partial charge in [0, 0.05) is 29.9 Å². The molecule has 0 bridgehead atoms. The molecule has 2 heterocycles. The second-order valence-electron chi connectivity index (χ2n) is 9.06. The zero-order valence-electron chi connectivity index (χ0n) is 22.5. The maximum absolute atomic E-state index is 13.2. The van der Waals surface area contributed by atoms with E-state index in [0.717, 1.165) is 5.56 Å². The van der Waals surface area contributed by atoms with E-state index in [1.54, 1.807) is 69.4 Å². The molecule has 0 aliphatic heterocycles. The summed E-state index contributed by atoms with van der Waals surface area (Å²) in [6, 6.07) is 21.6. The first-order valence-electron chi connectivity index (χ1n) is 12.4. The van der Waals surface area contributed by atoms with E-state index in [2.05, 4.69) is 10.3 Å². The second-order valence-corrected chi connectivity index (χ2v) is 9.06. The molecule has 3 N–H and O–H groups in total. The number of carbonyl (C=O) groups excluding carboxylic acids is 1.